The summed E-state index contributed by atoms with van der Waals surface area (Å²) < 4.78 is 0.849. The Bertz CT molecular complexity index is 546. The van der Waals surface area contributed by atoms with Crippen molar-refractivity contribution in [1.82, 2.24) is 15.1 Å². The van der Waals surface area contributed by atoms with E-state index in [4.69, 9.17) is 0 Å². The minimum absolute atomic E-state index is 0.266. The van der Waals surface area contributed by atoms with E-state index in [0.717, 1.165) is 28.4 Å². The summed E-state index contributed by atoms with van der Waals surface area (Å²) in [7, 11) is 0. The quantitative estimate of drug-likeness (QED) is 0.628. The molecule has 0 radical (unpaired) electrons. The van der Waals surface area contributed by atoms with E-state index in [-0.39, 0.29) is 5.91 Å². The number of hydrogen-bond donors (Lipinski definition) is 1. The summed E-state index contributed by atoms with van der Waals surface area (Å²) in [6.07, 6.45) is 9.35. The third-order valence-corrected chi connectivity index (χ3v) is 6.69. The van der Waals surface area contributed by atoms with Gasteiger partial charge in [-0.2, -0.15) is 0 Å². The average molecular weight is 353 g/mol. The normalized spacial score (nSPS) is 24.1. The van der Waals surface area contributed by atoms with Crippen molar-refractivity contribution in [2.24, 2.45) is 5.92 Å². The van der Waals surface area contributed by atoms with Crippen molar-refractivity contribution >= 4 is 34.1 Å². The van der Waals surface area contributed by atoms with Gasteiger partial charge in [0.25, 0.3) is 0 Å². The largest absolute Gasteiger partial charge is 0.357 e. The molecule has 1 aromatic rings. The van der Waals surface area contributed by atoms with Crippen LogP contribution >= 0.6 is 23.1 Å². The van der Waals surface area contributed by atoms with Crippen molar-refractivity contribution in [1.29, 1.82) is 0 Å². The molecule has 0 bridgehead atoms. The van der Waals surface area contributed by atoms with Crippen LogP contribution in [0.15, 0.2) is 17.0 Å². The van der Waals surface area contributed by atoms with Crippen LogP contribution in [0.2, 0.25) is 0 Å². The van der Waals surface area contributed by atoms with Crippen LogP contribution in [0.25, 0.3) is 0 Å². The van der Waals surface area contributed by atoms with Gasteiger partial charge >= 0.3 is 0 Å². The number of amides is 1. The van der Waals surface area contributed by atoms with Gasteiger partial charge in [0.1, 0.15) is 0 Å². The molecule has 1 aliphatic carbocycles. The Kier molecular flexibility index (Phi) is 5.94. The van der Waals surface area contributed by atoms with E-state index in [2.05, 4.69) is 27.0 Å². The van der Waals surface area contributed by atoms with Crippen LogP contribution in [0.5, 0.6) is 0 Å². The average Bonchev–Trinajstić information content (AvgIpc) is 3.05. The number of rotatable bonds is 6. The molecule has 5 nitrogen and oxygen atoms in total. The van der Waals surface area contributed by atoms with E-state index in [9.17, 15) is 4.79 Å². The van der Waals surface area contributed by atoms with E-state index in [0.29, 0.717) is 18.3 Å². The fraction of sp³-hybridized carbons (Fsp3) is 0.688. The van der Waals surface area contributed by atoms with E-state index in [1.54, 1.807) is 6.08 Å². The van der Waals surface area contributed by atoms with Gasteiger partial charge in [-0.05, 0) is 31.6 Å². The molecular formula is C16H24N4OS2. The van der Waals surface area contributed by atoms with Gasteiger partial charge in [0.05, 0.1) is 5.75 Å². The highest BCUT2D eigenvalue weighted by Crippen LogP contribution is 2.36. The van der Waals surface area contributed by atoms with Gasteiger partial charge in [-0.1, -0.05) is 42.0 Å². The maximum Gasteiger partial charge on any atom is 0.233 e. The van der Waals surface area contributed by atoms with Gasteiger partial charge in [-0.25, -0.2) is 0 Å². The Hall–Kier alpha value is -1.08. The van der Waals surface area contributed by atoms with Crippen LogP contribution in [0.4, 0.5) is 5.13 Å². The lowest BCUT2D eigenvalue weighted by Gasteiger charge is -2.44. The van der Waals surface area contributed by atoms with E-state index >= 15 is 0 Å². The number of aromatic nitrogens is 2. The molecule has 3 rings (SSSR count). The van der Waals surface area contributed by atoms with Crippen molar-refractivity contribution in [2.75, 3.05) is 24.2 Å². The van der Waals surface area contributed by atoms with Crippen molar-refractivity contribution in [3.05, 3.63) is 12.7 Å². The van der Waals surface area contributed by atoms with Gasteiger partial charge in [0, 0.05) is 19.1 Å². The number of likely N-dealkylation sites (tertiary alicyclic amines) is 1. The first kappa shape index (κ1) is 16.8. The Labute approximate surface area is 145 Å². The zero-order chi connectivity index (χ0) is 16.1. The molecular weight excluding hydrogens is 328 g/mol. The Morgan fingerprint density at radius 2 is 2.17 bits per heavy atom. The van der Waals surface area contributed by atoms with Gasteiger partial charge in [0.2, 0.25) is 11.0 Å². The molecule has 0 aromatic carbocycles. The van der Waals surface area contributed by atoms with Crippen molar-refractivity contribution in [3.8, 4) is 0 Å². The maximum atomic E-state index is 12.6. The van der Waals surface area contributed by atoms with Gasteiger partial charge in [0.15, 0.2) is 4.34 Å². The molecule has 0 unspecified atom stereocenters. The molecule has 1 saturated heterocycles. The van der Waals surface area contributed by atoms with Crippen molar-refractivity contribution in [3.63, 3.8) is 0 Å². The molecule has 2 atom stereocenters. The summed E-state index contributed by atoms with van der Waals surface area (Å²) in [6.45, 7) is 5.27. The first-order valence-electron chi connectivity index (χ1n) is 8.38. The van der Waals surface area contributed by atoms with E-state index in [1.165, 1.54) is 55.2 Å². The lowest BCUT2D eigenvalue weighted by molar-refractivity contribution is -0.134. The smallest absolute Gasteiger partial charge is 0.233 e. The molecule has 1 amide bonds. The molecule has 2 aliphatic rings. The number of hydrogen-bond acceptors (Lipinski definition) is 6. The third-order valence-electron chi connectivity index (χ3n) is 4.69. The van der Waals surface area contributed by atoms with Crippen LogP contribution < -0.4 is 5.32 Å². The third kappa shape index (κ3) is 4.26. The fourth-order valence-corrected chi connectivity index (χ4v) is 5.28. The second-order valence-corrected chi connectivity index (χ2v) is 8.37. The molecule has 2 fully saturated rings. The summed E-state index contributed by atoms with van der Waals surface area (Å²) in [5, 5.41) is 12.1. The highest BCUT2D eigenvalue weighted by atomic mass is 32.2. The van der Waals surface area contributed by atoms with Gasteiger partial charge in [-0.3, -0.25) is 4.79 Å². The van der Waals surface area contributed by atoms with E-state index < -0.39 is 0 Å². The number of piperidine rings is 1. The number of carbonyl (C=O) groups is 1. The second-order valence-electron chi connectivity index (χ2n) is 6.17. The summed E-state index contributed by atoms with van der Waals surface area (Å²) in [5.41, 5.74) is 0. The van der Waals surface area contributed by atoms with E-state index in [1.807, 2.05) is 0 Å². The Balaban J connectivity index is 1.52. The molecule has 126 valence electrons. The Morgan fingerprint density at radius 1 is 1.35 bits per heavy atom. The van der Waals surface area contributed by atoms with Crippen LogP contribution in [-0.4, -0.2) is 45.9 Å². The number of thioether (sulfide) groups is 1. The standard InChI is InChI=1S/C16H24N4OS2/c1-2-9-17-15-18-19-16(23-15)22-11-14(21)20-10-5-7-12-6-3-4-8-13(12)20/h2,12-13H,1,3-11H2,(H,17,18)/t12-,13+/m0/s1. The second kappa shape index (κ2) is 8.15. The first-order chi connectivity index (χ1) is 11.3. The lowest BCUT2D eigenvalue weighted by atomic mass is 9.78. The number of fused-ring (bicyclic) bond motifs is 1. The Morgan fingerprint density at radius 3 is 3.04 bits per heavy atom. The number of carbonyl (C=O) groups excluding carboxylic acids is 1. The van der Waals surface area contributed by atoms with Crippen molar-refractivity contribution in [2.45, 2.75) is 48.9 Å². The minimum atomic E-state index is 0.266. The number of nitrogens with zero attached hydrogens (tertiary/aromatic N) is 3. The highest BCUT2D eigenvalue weighted by molar-refractivity contribution is 8.01. The predicted octanol–water partition coefficient (Wildman–Crippen LogP) is 3.41. The van der Waals surface area contributed by atoms with Crippen LogP contribution in [0, 0.1) is 5.92 Å². The monoisotopic (exact) mass is 352 g/mol. The molecule has 2 heterocycles. The molecule has 1 N–H and O–H groups in total. The number of nitrogens with one attached hydrogen (secondary N) is 1. The molecule has 1 aliphatic heterocycles. The predicted molar refractivity (Wildman–Crippen MR) is 96.0 cm³/mol. The lowest BCUT2D eigenvalue weighted by Crippen LogP contribution is -2.50. The number of anilines is 1. The molecule has 7 heteroatoms. The highest BCUT2D eigenvalue weighted by Gasteiger charge is 2.35. The van der Waals surface area contributed by atoms with Gasteiger partial charge in [-0.15, -0.1) is 16.8 Å². The maximum absolute atomic E-state index is 12.6. The minimum Gasteiger partial charge on any atom is -0.357 e. The molecule has 23 heavy (non-hydrogen) atoms. The molecule has 1 saturated carbocycles. The topological polar surface area (TPSA) is 58.1 Å². The van der Waals surface area contributed by atoms with Crippen LogP contribution in [0.1, 0.15) is 38.5 Å². The van der Waals surface area contributed by atoms with Crippen LogP contribution in [0.3, 0.4) is 0 Å². The summed E-state index contributed by atoms with van der Waals surface area (Å²) in [6, 6.07) is 0.491. The molecule has 1 aromatic heterocycles. The summed E-state index contributed by atoms with van der Waals surface area (Å²) >= 11 is 3.00. The fourth-order valence-electron chi connectivity index (χ4n) is 3.64. The zero-order valence-electron chi connectivity index (χ0n) is 13.4. The van der Waals surface area contributed by atoms with Crippen LogP contribution in [-0.2, 0) is 4.79 Å². The van der Waals surface area contributed by atoms with Crippen molar-refractivity contribution < 1.29 is 4.79 Å². The van der Waals surface area contributed by atoms with Gasteiger partial charge < -0.3 is 10.2 Å². The molecule has 0 spiro atoms. The summed E-state index contributed by atoms with van der Waals surface area (Å²) in [4.78, 5) is 14.8. The first-order valence-corrected chi connectivity index (χ1v) is 10.2. The SMILES string of the molecule is C=CCNc1nnc(SCC(=O)N2CCC[C@@H]3CCCC[C@H]32)s1. The zero-order valence-corrected chi connectivity index (χ0v) is 15.0. The summed E-state index contributed by atoms with van der Waals surface area (Å²) in [5.74, 6) is 1.48.